The normalized spacial score (nSPS) is 9.56. The molecule has 0 aliphatic carbocycles. The number of aldehydes is 1. The van der Waals surface area contributed by atoms with Gasteiger partial charge >= 0.3 is 0 Å². The Bertz CT molecular complexity index is 433. The summed E-state index contributed by atoms with van der Waals surface area (Å²) in [5.74, 6) is 0.592. The molecule has 1 aromatic rings. The summed E-state index contributed by atoms with van der Waals surface area (Å²) in [6, 6.07) is 3.17. The molecule has 18 heavy (non-hydrogen) atoms. The molecule has 1 rings (SSSR count). The van der Waals surface area contributed by atoms with Crippen LogP contribution in [0.25, 0.3) is 0 Å². The van der Waals surface area contributed by atoms with Gasteiger partial charge in [0.2, 0.25) is 12.0 Å². The van der Waals surface area contributed by atoms with Gasteiger partial charge in [0.1, 0.15) is 0 Å². The molecule has 0 saturated carbocycles. The van der Waals surface area contributed by atoms with Gasteiger partial charge in [0.25, 0.3) is 5.91 Å². The third-order valence-electron chi connectivity index (χ3n) is 2.47. The van der Waals surface area contributed by atoms with Crippen LogP contribution in [-0.2, 0) is 9.59 Å². The number of amides is 1. The summed E-state index contributed by atoms with van der Waals surface area (Å²) in [6.07, 6.45) is 0.239. The van der Waals surface area contributed by atoms with Gasteiger partial charge < -0.3 is 19.1 Å². The maximum absolute atomic E-state index is 11.3. The summed E-state index contributed by atoms with van der Waals surface area (Å²) in [4.78, 5) is 23.0. The summed E-state index contributed by atoms with van der Waals surface area (Å²) in [5, 5.41) is 0. The molecular weight excluding hydrogens is 238 g/mol. The molecule has 0 aromatic heterocycles. The van der Waals surface area contributed by atoms with Gasteiger partial charge in [0, 0.05) is 19.2 Å². The van der Waals surface area contributed by atoms with Crippen LogP contribution < -0.4 is 19.1 Å². The number of likely N-dealkylation sites (N-methyl/N-ethyl adjacent to an activating group) is 1. The van der Waals surface area contributed by atoms with Crippen LogP contribution in [0.15, 0.2) is 12.1 Å². The Labute approximate surface area is 105 Å². The van der Waals surface area contributed by atoms with Crippen molar-refractivity contribution in [3.8, 4) is 17.2 Å². The molecule has 0 unspecified atom stereocenters. The number of anilines is 1. The second kappa shape index (κ2) is 5.90. The Morgan fingerprint density at radius 3 is 1.94 bits per heavy atom. The molecule has 0 heterocycles. The highest BCUT2D eigenvalue weighted by molar-refractivity contribution is 6.30. The van der Waals surface area contributed by atoms with Gasteiger partial charge in [0.15, 0.2) is 11.5 Å². The number of rotatable bonds is 5. The Balaban J connectivity index is 3.31. The van der Waals surface area contributed by atoms with Gasteiger partial charge in [-0.2, -0.15) is 0 Å². The van der Waals surface area contributed by atoms with E-state index in [1.165, 1.54) is 33.3 Å². The molecule has 0 radical (unpaired) electrons. The van der Waals surface area contributed by atoms with E-state index in [0.717, 1.165) is 0 Å². The lowest BCUT2D eigenvalue weighted by molar-refractivity contribution is -0.129. The van der Waals surface area contributed by atoms with Crippen molar-refractivity contribution in [2.75, 3.05) is 33.3 Å². The van der Waals surface area contributed by atoms with E-state index in [4.69, 9.17) is 14.2 Å². The molecule has 0 N–H and O–H groups in total. The lowest BCUT2D eigenvalue weighted by atomic mass is 10.2. The molecule has 1 amide bonds. The molecule has 0 aliphatic heterocycles. The number of carbonyl (C=O) groups is 2. The quantitative estimate of drug-likeness (QED) is 0.575. The number of hydrogen-bond donors (Lipinski definition) is 0. The Hall–Kier alpha value is -2.24. The molecule has 98 valence electrons. The number of methoxy groups -OCH3 is 3. The fraction of sp³-hybridized carbons (Fsp3) is 0.333. The van der Waals surface area contributed by atoms with E-state index in [9.17, 15) is 9.59 Å². The highest BCUT2D eigenvalue weighted by Gasteiger charge is 2.17. The van der Waals surface area contributed by atoms with E-state index in [2.05, 4.69) is 0 Å². The van der Waals surface area contributed by atoms with E-state index in [0.29, 0.717) is 22.9 Å². The van der Waals surface area contributed by atoms with Crippen molar-refractivity contribution in [1.29, 1.82) is 0 Å². The first-order valence-corrected chi connectivity index (χ1v) is 5.11. The van der Waals surface area contributed by atoms with Crippen molar-refractivity contribution in [3.63, 3.8) is 0 Å². The highest BCUT2D eigenvalue weighted by Crippen LogP contribution is 2.40. The lowest BCUT2D eigenvalue weighted by Gasteiger charge is -2.18. The number of carbonyl (C=O) groups excluding carboxylic acids is 2. The average molecular weight is 253 g/mol. The second-order valence-corrected chi connectivity index (χ2v) is 3.40. The number of hydrogen-bond acceptors (Lipinski definition) is 5. The van der Waals surface area contributed by atoms with Crippen LogP contribution in [0.4, 0.5) is 5.69 Å². The van der Waals surface area contributed by atoms with Crippen molar-refractivity contribution >= 4 is 17.9 Å². The highest BCUT2D eigenvalue weighted by atomic mass is 16.5. The first-order chi connectivity index (χ1) is 8.58. The first kappa shape index (κ1) is 13.8. The van der Waals surface area contributed by atoms with Crippen LogP contribution in [0.2, 0.25) is 0 Å². The van der Waals surface area contributed by atoms with E-state index >= 15 is 0 Å². The minimum atomic E-state index is -0.663. The van der Waals surface area contributed by atoms with E-state index in [1.807, 2.05) is 0 Å². The smallest absolute Gasteiger partial charge is 0.290 e. The maximum atomic E-state index is 11.3. The van der Waals surface area contributed by atoms with Crippen molar-refractivity contribution < 1.29 is 23.8 Å². The van der Waals surface area contributed by atoms with Crippen LogP contribution in [0.3, 0.4) is 0 Å². The van der Waals surface area contributed by atoms with Crippen LogP contribution in [0, 0.1) is 0 Å². The van der Waals surface area contributed by atoms with E-state index in [-0.39, 0.29) is 6.29 Å². The fourth-order valence-corrected chi connectivity index (χ4v) is 1.47. The van der Waals surface area contributed by atoms with Crippen LogP contribution in [0.1, 0.15) is 0 Å². The van der Waals surface area contributed by atoms with Gasteiger partial charge in [-0.05, 0) is 0 Å². The molecule has 6 heteroatoms. The molecule has 0 fully saturated rings. The zero-order valence-corrected chi connectivity index (χ0v) is 10.7. The van der Waals surface area contributed by atoms with Crippen LogP contribution in [0.5, 0.6) is 17.2 Å². The minimum Gasteiger partial charge on any atom is -0.493 e. The van der Waals surface area contributed by atoms with Gasteiger partial charge in [-0.1, -0.05) is 0 Å². The Morgan fingerprint density at radius 1 is 1.11 bits per heavy atom. The zero-order valence-electron chi connectivity index (χ0n) is 10.7. The predicted molar refractivity (Wildman–Crippen MR) is 65.6 cm³/mol. The van der Waals surface area contributed by atoms with Gasteiger partial charge in [-0.3, -0.25) is 9.59 Å². The molecule has 1 aromatic carbocycles. The molecule has 0 spiro atoms. The Kier molecular flexibility index (Phi) is 4.53. The molecule has 6 nitrogen and oxygen atoms in total. The van der Waals surface area contributed by atoms with E-state index < -0.39 is 5.91 Å². The van der Waals surface area contributed by atoms with Gasteiger partial charge in [-0.15, -0.1) is 0 Å². The standard InChI is InChI=1S/C12H15NO5/c1-13(11(15)7-14)8-5-9(16-2)12(18-4)10(6-8)17-3/h5-7H,1-4H3. The summed E-state index contributed by atoms with van der Waals surface area (Å²) < 4.78 is 15.5. The molecule has 0 bridgehead atoms. The van der Waals surface area contributed by atoms with Gasteiger partial charge in [0.05, 0.1) is 27.0 Å². The van der Waals surface area contributed by atoms with Crippen molar-refractivity contribution in [2.45, 2.75) is 0 Å². The largest absolute Gasteiger partial charge is 0.493 e. The number of benzene rings is 1. The average Bonchev–Trinajstić information content (AvgIpc) is 2.43. The van der Waals surface area contributed by atoms with Crippen LogP contribution >= 0.6 is 0 Å². The predicted octanol–water partition coefficient (Wildman–Crippen LogP) is 0.874. The van der Waals surface area contributed by atoms with Crippen molar-refractivity contribution in [3.05, 3.63) is 12.1 Å². The summed E-state index contributed by atoms with van der Waals surface area (Å²) in [7, 11) is 5.92. The number of nitrogens with zero attached hydrogens (tertiary/aromatic N) is 1. The lowest BCUT2D eigenvalue weighted by Crippen LogP contribution is -2.27. The fourth-order valence-electron chi connectivity index (χ4n) is 1.47. The third kappa shape index (κ3) is 2.53. The molecule has 0 atom stereocenters. The monoisotopic (exact) mass is 253 g/mol. The second-order valence-electron chi connectivity index (χ2n) is 3.40. The number of ether oxygens (including phenoxy) is 3. The topological polar surface area (TPSA) is 65.1 Å². The van der Waals surface area contributed by atoms with E-state index in [1.54, 1.807) is 12.1 Å². The minimum absolute atomic E-state index is 0.239. The first-order valence-electron chi connectivity index (χ1n) is 5.11. The van der Waals surface area contributed by atoms with Crippen molar-refractivity contribution in [2.24, 2.45) is 0 Å². The summed E-state index contributed by atoms with van der Waals surface area (Å²) in [5.41, 5.74) is 0.474. The SMILES string of the molecule is COc1cc(N(C)C(=O)C=O)cc(OC)c1OC. The zero-order chi connectivity index (χ0) is 13.7. The molecular formula is C12H15NO5. The summed E-state index contributed by atoms with van der Waals surface area (Å²) in [6.45, 7) is 0. The van der Waals surface area contributed by atoms with Crippen molar-refractivity contribution in [1.82, 2.24) is 0 Å². The molecule has 0 aliphatic rings. The van der Waals surface area contributed by atoms with Gasteiger partial charge in [-0.25, -0.2) is 0 Å². The van der Waals surface area contributed by atoms with Crippen LogP contribution in [-0.4, -0.2) is 40.6 Å². The summed E-state index contributed by atoms with van der Waals surface area (Å²) >= 11 is 0. The third-order valence-corrected chi connectivity index (χ3v) is 2.47. The maximum Gasteiger partial charge on any atom is 0.290 e. The molecule has 0 saturated heterocycles. The Morgan fingerprint density at radius 2 is 1.61 bits per heavy atom.